The number of likely N-dealkylation sites (tertiary alicyclic amines) is 1. The van der Waals surface area contributed by atoms with E-state index in [0.29, 0.717) is 13.1 Å². The Hall–Kier alpha value is -0.300. The number of rotatable bonds is 0. The van der Waals surface area contributed by atoms with Gasteiger partial charge in [-0.15, -0.1) is 0 Å². The van der Waals surface area contributed by atoms with E-state index in [-0.39, 0.29) is 11.7 Å². The highest BCUT2D eigenvalue weighted by atomic mass is 127. The number of piperidine rings is 1. The summed E-state index contributed by atoms with van der Waals surface area (Å²) in [5.74, 6) is 0. The fourth-order valence-electron chi connectivity index (χ4n) is 2.46. The van der Waals surface area contributed by atoms with Gasteiger partial charge in [-0.05, 0) is 62.6 Å². The van der Waals surface area contributed by atoms with Gasteiger partial charge in [-0.3, -0.25) is 0 Å². The van der Waals surface area contributed by atoms with Crippen LogP contribution in [-0.4, -0.2) is 41.9 Å². The molecule has 0 atom stereocenters. The van der Waals surface area contributed by atoms with Crippen LogP contribution in [0.5, 0.6) is 0 Å². The minimum absolute atomic E-state index is 0.142. The highest BCUT2D eigenvalue weighted by molar-refractivity contribution is 14.1. The first-order chi connectivity index (χ1) is 8.82. The van der Waals surface area contributed by atoms with Crippen LogP contribution in [0.4, 0.5) is 4.79 Å². The molecule has 2 heterocycles. The molecule has 19 heavy (non-hydrogen) atoms. The molecule has 0 unspecified atom stereocenters. The van der Waals surface area contributed by atoms with Gasteiger partial charge >= 0.3 is 6.09 Å². The lowest BCUT2D eigenvalue weighted by Crippen LogP contribution is -2.50. The second kappa shape index (κ2) is 5.60. The standard InChI is InChI=1S/C14H22INO3/c1-13(2,3)19-12(17)16-8-6-14(7-9-16)11(15)5-4-10-18-14/h5H,4,6-10H2,1-3H3. The third-order valence-corrected chi connectivity index (χ3v) is 4.90. The molecule has 108 valence electrons. The molecule has 0 saturated carbocycles. The number of hydrogen-bond donors (Lipinski definition) is 0. The van der Waals surface area contributed by atoms with Crippen LogP contribution in [-0.2, 0) is 9.47 Å². The van der Waals surface area contributed by atoms with Gasteiger partial charge in [0.25, 0.3) is 0 Å². The fourth-order valence-corrected chi connectivity index (χ4v) is 3.46. The summed E-state index contributed by atoms with van der Waals surface area (Å²) in [7, 11) is 0. The molecule has 0 aromatic carbocycles. The maximum atomic E-state index is 12.0. The van der Waals surface area contributed by atoms with Gasteiger partial charge in [-0.25, -0.2) is 4.79 Å². The van der Waals surface area contributed by atoms with E-state index in [4.69, 9.17) is 9.47 Å². The first kappa shape index (κ1) is 15.1. The average molecular weight is 379 g/mol. The normalized spacial score (nSPS) is 23.2. The molecule has 2 aliphatic heterocycles. The van der Waals surface area contributed by atoms with Gasteiger partial charge in [0.05, 0.1) is 6.61 Å². The Balaban J connectivity index is 1.94. The molecule has 1 fully saturated rings. The Morgan fingerprint density at radius 1 is 1.42 bits per heavy atom. The largest absolute Gasteiger partial charge is 0.444 e. The smallest absolute Gasteiger partial charge is 0.410 e. The van der Waals surface area contributed by atoms with Crippen LogP contribution < -0.4 is 0 Å². The topological polar surface area (TPSA) is 38.8 Å². The molecule has 0 aromatic rings. The minimum atomic E-state index is -0.429. The van der Waals surface area contributed by atoms with Crippen molar-refractivity contribution < 1.29 is 14.3 Å². The van der Waals surface area contributed by atoms with Gasteiger partial charge in [-0.1, -0.05) is 6.08 Å². The summed E-state index contributed by atoms with van der Waals surface area (Å²) in [5.41, 5.74) is -0.570. The van der Waals surface area contributed by atoms with Crippen molar-refractivity contribution in [2.75, 3.05) is 19.7 Å². The van der Waals surface area contributed by atoms with Gasteiger partial charge in [-0.2, -0.15) is 0 Å². The van der Waals surface area contributed by atoms with Crippen molar-refractivity contribution in [1.29, 1.82) is 0 Å². The van der Waals surface area contributed by atoms with Gasteiger partial charge in [0.2, 0.25) is 0 Å². The highest BCUT2D eigenvalue weighted by Gasteiger charge is 2.41. The molecule has 4 nitrogen and oxygen atoms in total. The molecule has 0 N–H and O–H groups in total. The van der Waals surface area contributed by atoms with Crippen molar-refractivity contribution >= 4 is 28.7 Å². The first-order valence-corrected chi connectivity index (χ1v) is 7.88. The SMILES string of the molecule is CC(C)(C)OC(=O)N1CCC2(CC1)OCCC=C2I. The highest BCUT2D eigenvalue weighted by Crippen LogP contribution is 2.40. The number of nitrogens with zero attached hydrogens (tertiary/aromatic N) is 1. The summed E-state index contributed by atoms with van der Waals surface area (Å²) < 4.78 is 12.7. The quantitative estimate of drug-likeness (QED) is 0.605. The van der Waals surface area contributed by atoms with Gasteiger partial charge in [0, 0.05) is 16.7 Å². The zero-order chi connectivity index (χ0) is 14.1. The van der Waals surface area contributed by atoms with Crippen molar-refractivity contribution in [3.63, 3.8) is 0 Å². The zero-order valence-electron chi connectivity index (χ0n) is 11.9. The lowest BCUT2D eigenvalue weighted by atomic mass is 9.89. The molecule has 1 saturated heterocycles. The van der Waals surface area contributed by atoms with E-state index in [1.54, 1.807) is 4.90 Å². The molecule has 0 aromatic heterocycles. The maximum Gasteiger partial charge on any atom is 0.410 e. The Kier molecular flexibility index (Phi) is 4.45. The average Bonchev–Trinajstić information content (AvgIpc) is 2.32. The number of halogens is 1. The van der Waals surface area contributed by atoms with E-state index in [0.717, 1.165) is 25.9 Å². The summed E-state index contributed by atoms with van der Waals surface area (Å²) in [6.07, 6.45) is 4.77. The maximum absolute atomic E-state index is 12.0. The molecule has 2 rings (SSSR count). The van der Waals surface area contributed by atoms with Crippen LogP contribution in [0, 0.1) is 0 Å². The lowest BCUT2D eigenvalue weighted by molar-refractivity contribution is -0.0590. The van der Waals surface area contributed by atoms with Crippen molar-refractivity contribution in [2.24, 2.45) is 0 Å². The number of carbonyl (C=O) groups excluding carboxylic acids is 1. The van der Waals surface area contributed by atoms with E-state index >= 15 is 0 Å². The second-order valence-corrected chi connectivity index (χ2v) is 7.31. The fraction of sp³-hybridized carbons (Fsp3) is 0.786. The van der Waals surface area contributed by atoms with Crippen LogP contribution in [0.15, 0.2) is 9.66 Å². The van der Waals surface area contributed by atoms with Crippen molar-refractivity contribution in [1.82, 2.24) is 4.90 Å². The number of amides is 1. The second-order valence-electron chi connectivity index (χ2n) is 6.15. The number of ether oxygens (including phenoxy) is 2. The number of hydrogen-bond acceptors (Lipinski definition) is 3. The summed E-state index contributed by atoms with van der Waals surface area (Å²) in [4.78, 5) is 13.8. The van der Waals surface area contributed by atoms with Crippen molar-refractivity contribution in [3.05, 3.63) is 9.66 Å². The molecule has 2 aliphatic rings. The monoisotopic (exact) mass is 379 g/mol. The third kappa shape index (κ3) is 3.62. The van der Waals surface area contributed by atoms with E-state index in [2.05, 4.69) is 28.7 Å². The van der Waals surface area contributed by atoms with Gasteiger partial charge in [0.1, 0.15) is 11.2 Å². The summed E-state index contributed by atoms with van der Waals surface area (Å²) >= 11 is 2.38. The minimum Gasteiger partial charge on any atom is -0.444 e. The van der Waals surface area contributed by atoms with Crippen LogP contribution in [0.2, 0.25) is 0 Å². The van der Waals surface area contributed by atoms with Crippen LogP contribution in [0.25, 0.3) is 0 Å². The molecule has 0 bridgehead atoms. The van der Waals surface area contributed by atoms with E-state index in [1.165, 1.54) is 3.58 Å². The Labute approximate surface area is 128 Å². The first-order valence-electron chi connectivity index (χ1n) is 6.80. The van der Waals surface area contributed by atoms with Crippen LogP contribution >= 0.6 is 22.6 Å². The van der Waals surface area contributed by atoms with E-state index in [1.807, 2.05) is 20.8 Å². The number of carbonyl (C=O) groups is 1. The van der Waals surface area contributed by atoms with E-state index in [9.17, 15) is 4.79 Å². The third-order valence-electron chi connectivity index (χ3n) is 3.48. The summed E-state index contributed by atoms with van der Waals surface area (Å²) in [5, 5.41) is 0. The molecular weight excluding hydrogens is 357 g/mol. The molecular formula is C14H22INO3. The molecule has 1 spiro atoms. The molecule has 1 amide bonds. The van der Waals surface area contributed by atoms with Crippen LogP contribution in [0.3, 0.4) is 0 Å². The predicted molar refractivity (Wildman–Crippen MR) is 82.4 cm³/mol. The Bertz CT molecular complexity index is 379. The van der Waals surface area contributed by atoms with Crippen LogP contribution in [0.1, 0.15) is 40.0 Å². The zero-order valence-corrected chi connectivity index (χ0v) is 14.0. The van der Waals surface area contributed by atoms with Crippen molar-refractivity contribution in [2.45, 2.75) is 51.2 Å². The summed E-state index contributed by atoms with van der Waals surface area (Å²) in [6, 6.07) is 0. The van der Waals surface area contributed by atoms with Crippen molar-refractivity contribution in [3.8, 4) is 0 Å². The lowest BCUT2D eigenvalue weighted by Gasteiger charge is -2.43. The predicted octanol–water partition coefficient (Wildman–Crippen LogP) is 3.50. The van der Waals surface area contributed by atoms with Gasteiger partial charge in [0.15, 0.2) is 0 Å². The molecule has 5 heteroatoms. The summed E-state index contributed by atoms with van der Waals surface area (Å²) in [6.45, 7) is 7.88. The van der Waals surface area contributed by atoms with Gasteiger partial charge < -0.3 is 14.4 Å². The Morgan fingerprint density at radius 2 is 2.05 bits per heavy atom. The van der Waals surface area contributed by atoms with E-state index < -0.39 is 5.60 Å². The molecule has 0 aliphatic carbocycles. The Morgan fingerprint density at radius 3 is 2.58 bits per heavy atom. The molecule has 0 radical (unpaired) electrons.